The Morgan fingerprint density at radius 1 is 1.03 bits per heavy atom. The Bertz CT molecular complexity index is 935. The molecule has 1 fully saturated rings. The molecule has 0 radical (unpaired) electrons. The molecule has 2 amide bonds. The molecule has 1 unspecified atom stereocenters. The minimum absolute atomic E-state index is 0.0123. The van der Waals surface area contributed by atoms with Crippen LogP contribution in [-0.2, 0) is 17.8 Å². The fourth-order valence-electron chi connectivity index (χ4n) is 4.44. The average molecular weight is 410 g/mol. The average Bonchev–Trinajstić information content (AvgIpc) is 3.31. The van der Waals surface area contributed by atoms with Crippen molar-refractivity contribution in [3.63, 3.8) is 0 Å². The molecule has 2 aromatic rings. The Labute approximate surface area is 178 Å². The van der Waals surface area contributed by atoms with E-state index in [-0.39, 0.29) is 11.8 Å². The van der Waals surface area contributed by atoms with Crippen LogP contribution in [0.4, 0.5) is 5.69 Å². The number of furan rings is 1. The number of anilines is 1. The van der Waals surface area contributed by atoms with Crippen LogP contribution in [0.25, 0.3) is 0 Å². The Hall–Kier alpha value is -2.76. The number of benzene rings is 1. The normalized spacial score (nSPS) is 19.2. The van der Waals surface area contributed by atoms with Gasteiger partial charge in [-0.15, -0.1) is 0 Å². The zero-order valence-corrected chi connectivity index (χ0v) is 18.4. The molecule has 1 saturated heterocycles. The van der Waals surface area contributed by atoms with Crippen molar-refractivity contribution in [3.8, 4) is 0 Å². The molecule has 3 heterocycles. The van der Waals surface area contributed by atoms with Gasteiger partial charge in [-0.3, -0.25) is 9.59 Å². The summed E-state index contributed by atoms with van der Waals surface area (Å²) in [7, 11) is 0. The Balaban J connectivity index is 1.44. The number of para-hydroxylation sites is 1. The van der Waals surface area contributed by atoms with E-state index in [4.69, 9.17) is 4.42 Å². The zero-order valence-electron chi connectivity index (χ0n) is 18.4. The van der Waals surface area contributed by atoms with Crippen LogP contribution in [0.3, 0.4) is 0 Å². The summed E-state index contributed by atoms with van der Waals surface area (Å²) in [5.74, 6) is 0.832. The molecule has 0 aliphatic carbocycles. The van der Waals surface area contributed by atoms with E-state index in [9.17, 15) is 9.59 Å². The van der Waals surface area contributed by atoms with Crippen molar-refractivity contribution < 1.29 is 14.0 Å². The number of hydrogen-bond acceptors (Lipinski definition) is 4. The van der Waals surface area contributed by atoms with Crippen molar-refractivity contribution in [1.82, 2.24) is 9.80 Å². The lowest BCUT2D eigenvalue weighted by atomic mass is 9.94. The van der Waals surface area contributed by atoms with Gasteiger partial charge in [-0.2, -0.15) is 0 Å². The van der Waals surface area contributed by atoms with Gasteiger partial charge in [0.15, 0.2) is 0 Å². The van der Waals surface area contributed by atoms with Crippen LogP contribution in [0.5, 0.6) is 0 Å². The van der Waals surface area contributed by atoms with Gasteiger partial charge in [-0.25, -0.2) is 0 Å². The van der Waals surface area contributed by atoms with Crippen LogP contribution >= 0.6 is 0 Å². The number of rotatable bonds is 3. The number of nitrogens with zero attached hydrogens (tertiary/aromatic N) is 3. The van der Waals surface area contributed by atoms with Gasteiger partial charge in [0.25, 0.3) is 5.91 Å². The van der Waals surface area contributed by atoms with E-state index in [0.29, 0.717) is 50.1 Å². The number of hydrogen-bond donors (Lipinski definition) is 0. The third kappa shape index (κ3) is 3.83. The summed E-state index contributed by atoms with van der Waals surface area (Å²) in [4.78, 5) is 31.7. The van der Waals surface area contributed by atoms with Gasteiger partial charge in [0.05, 0.1) is 18.4 Å². The van der Waals surface area contributed by atoms with Gasteiger partial charge in [0.1, 0.15) is 5.76 Å². The molecule has 0 bridgehead atoms. The minimum atomic E-state index is -0.396. The lowest BCUT2D eigenvalue weighted by Crippen LogP contribution is -2.53. The molecule has 6 nitrogen and oxygen atoms in total. The molecule has 0 saturated carbocycles. The maximum Gasteiger partial charge on any atom is 0.257 e. The number of carbonyl (C=O) groups excluding carboxylic acids is 2. The van der Waals surface area contributed by atoms with Gasteiger partial charge in [-0.1, -0.05) is 39.0 Å². The highest BCUT2D eigenvalue weighted by molar-refractivity contribution is 5.95. The first-order valence-corrected chi connectivity index (χ1v) is 10.8. The monoisotopic (exact) mass is 409 g/mol. The predicted octanol–water partition coefficient (Wildman–Crippen LogP) is 3.56. The van der Waals surface area contributed by atoms with E-state index >= 15 is 0 Å². The molecule has 0 spiro atoms. The second-order valence-electron chi connectivity index (χ2n) is 9.40. The minimum Gasteiger partial charge on any atom is -0.467 e. The Morgan fingerprint density at radius 2 is 1.70 bits per heavy atom. The largest absolute Gasteiger partial charge is 0.467 e. The maximum absolute atomic E-state index is 13.2. The number of carbonyl (C=O) groups is 2. The van der Waals surface area contributed by atoms with Crippen molar-refractivity contribution in [2.75, 3.05) is 31.1 Å². The second-order valence-corrected chi connectivity index (χ2v) is 9.40. The van der Waals surface area contributed by atoms with Gasteiger partial charge >= 0.3 is 0 Å². The number of fused-ring (bicyclic) bond motifs is 1. The van der Waals surface area contributed by atoms with Crippen molar-refractivity contribution in [3.05, 3.63) is 53.5 Å². The van der Waals surface area contributed by atoms with E-state index < -0.39 is 5.41 Å². The molecule has 1 atom stereocenters. The van der Waals surface area contributed by atoms with Crippen LogP contribution in [0.15, 0.2) is 41.0 Å². The summed E-state index contributed by atoms with van der Waals surface area (Å²) in [6.45, 7) is 10.8. The van der Waals surface area contributed by atoms with Crippen molar-refractivity contribution in [2.45, 2.75) is 46.7 Å². The second kappa shape index (κ2) is 7.82. The third-order valence-electron chi connectivity index (χ3n) is 6.13. The van der Waals surface area contributed by atoms with Crippen molar-refractivity contribution in [2.24, 2.45) is 5.41 Å². The number of piperazine rings is 1. The van der Waals surface area contributed by atoms with E-state index in [1.165, 1.54) is 11.3 Å². The molecule has 160 valence electrons. The van der Waals surface area contributed by atoms with Crippen LogP contribution in [-0.4, -0.2) is 53.8 Å². The van der Waals surface area contributed by atoms with Crippen LogP contribution in [0, 0.1) is 5.41 Å². The van der Waals surface area contributed by atoms with Crippen LogP contribution in [0.2, 0.25) is 0 Å². The smallest absolute Gasteiger partial charge is 0.257 e. The quantitative estimate of drug-likeness (QED) is 0.778. The summed E-state index contributed by atoms with van der Waals surface area (Å²) in [5.41, 5.74) is 2.78. The topological polar surface area (TPSA) is 57.0 Å². The Kier molecular flexibility index (Phi) is 5.35. The summed E-state index contributed by atoms with van der Waals surface area (Å²) in [5, 5.41) is 0. The van der Waals surface area contributed by atoms with Crippen molar-refractivity contribution in [1.29, 1.82) is 0 Å². The Morgan fingerprint density at radius 3 is 2.40 bits per heavy atom. The molecule has 6 heteroatoms. The molecular formula is C24H31N3O3. The first-order chi connectivity index (χ1) is 14.3. The molecule has 30 heavy (non-hydrogen) atoms. The third-order valence-corrected chi connectivity index (χ3v) is 6.13. The fourth-order valence-corrected chi connectivity index (χ4v) is 4.44. The fraction of sp³-hybridized carbons (Fsp3) is 0.500. The predicted molar refractivity (Wildman–Crippen MR) is 116 cm³/mol. The van der Waals surface area contributed by atoms with Crippen molar-refractivity contribution >= 4 is 17.5 Å². The first kappa shape index (κ1) is 20.5. The molecule has 1 aromatic carbocycles. The SMILES string of the molecule is CC1Cc2ccccc2N1Cc1occc1C(=O)N1CCN(C(=O)C(C)(C)C)CC1. The highest BCUT2D eigenvalue weighted by atomic mass is 16.3. The summed E-state index contributed by atoms with van der Waals surface area (Å²) < 4.78 is 5.75. The molecule has 0 N–H and O–H groups in total. The van der Waals surface area contributed by atoms with Gasteiger partial charge in [0, 0.05) is 43.3 Å². The summed E-state index contributed by atoms with van der Waals surface area (Å²) in [6.07, 6.45) is 2.61. The van der Waals surface area contributed by atoms with E-state index in [0.717, 1.165) is 6.42 Å². The number of amides is 2. The van der Waals surface area contributed by atoms with Gasteiger partial charge in [0.2, 0.25) is 5.91 Å². The lowest BCUT2D eigenvalue weighted by molar-refractivity contribution is -0.140. The van der Waals surface area contributed by atoms with Gasteiger partial charge < -0.3 is 19.1 Å². The van der Waals surface area contributed by atoms with Gasteiger partial charge in [-0.05, 0) is 31.0 Å². The van der Waals surface area contributed by atoms with Crippen LogP contribution < -0.4 is 4.90 Å². The van der Waals surface area contributed by atoms with E-state index in [2.05, 4.69) is 36.1 Å². The van der Waals surface area contributed by atoms with Crippen LogP contribution in [0.1, 0.15) is 49.4 Å². The summed E-state index contributed by atoms with van der Waals surface area (Å²) in [6, 6.07) is 10.6. The van der Waals surface area contributed by atoms with E-state index in [1.54, 1.807) is 12.3 Å². The molecule has 1 aromatic heterocycles. The maximum atomic E-state index is 13.2. The first-order valence-electron chi connectivity index (χ1n) is 10.8. The molecular weight excluding hydrogens is 378 g/mol. The molecule has 2 aliphatic heterocycles. The summed E-state index contributed by atoms with van der Waals surface area (Å²) >= 11 is 0. The zero-order chi connectivity index (χ0) is 21.5. The molecule has 2 aliphatic rings. The standard InChI is InChI=1S/C24H31N3O3/c1-17-15-18-7-5-6-8-20(18)27(17)16-21-19(9-14-30-21)22(28)25-10-12-26(13-11-25)23(29)24(2,3)4/h5-9,14,17H,10-13,15-16H2,1-4H3. The highest BCUT2D eigenvalue weighted by Crippen LogP contribution is 2.33. The lowest BCUT2D eigenvalue weighted by Gasteiger charge is -2.37. The molecule has 4 rings (SSSR count). The highest BCUT2D eigenvalue weighted by Gasteiger charge is 2.33. The van der Waals surface area contributed by atoms with E-state index in [1.807, 2.05) is 30.6 Å².